The molecule has 0 N–H and O–H groups in total. The number of rotatable bonds is 3. The van der Waals surface area contributed by atoms with E-state index in [2.05, 4.69) is 47.0 Å². The molecule has 4 rings (SSSR count). The second kappa shape index (κ2) is 7.31. The number of piperidine rings is 1. The Bertz CT molecular complexity index is 797. The molecule has 0 saturated carbocycles. The quantitative estimate of drug-likeness (QED) is 0.826. The third kappa shape index (κ3) is 3.83. The molecule has 0 bridgehead atoms. The van der Waals surface area contributed by atoms with Crippen molar-refractivity contribution in [2.45, 2.75) is 45.4 Å². The highest BCUT2D eigenvalue weighted by molar-refractivity contribution is 5.76. The highest BCUT2D eigenvalue weighted by Gasteiger charge is 2.41. The van der Waals surface area contributed by atoms with Gasteiger partial charge in [-0.05, 0) is 19.5 Å². The summed E-state index contributed by atoms with van der Waals surface area (Å²) < 4.78 is 8.17. The summed E-state index contributed by atoms with van der Waals surface area (Å²) in [5.41, 5.74) is 1.94. The maximum absolute atomic E-state index is 13.0. The zero-order valence-corrected chi connectivity index (χ0v) is 16.1. The van der Waals surface area contributed by atoms with Crippen molar-refractivity contribution in [2.75, 3.05) is 26.2 Å². The highest BCUT2D eigenvalue weighted by Crippen LogP contribution is 2.36. The van der Waals surface area contributed by atoms with Gasteiger partial charge in [0.25, 0.3) is 0 Å². The highest BCUT2D eigenvalue weighted by atomic mass is 16.5. The largest absolute Gasteiger partial charge is 0.485 e. The van der Waals surface area contributed by atoms with Crippen LogP contribution in [0.3, 0.4) is 0 Å². The normalized spacial score (nSPS) is 19.4. The fourth-order valence-electron chi connectivity index (χ4n) is 4.07. The van der Waals surface area contributed by atoms with Crippen molar-refractivity contribution in [3.63, 3.8) is 0 Å². The molecule has 0 radical (unpaired) electrons. The zero-order chi connectivity index (χ0) is 18.9. The molecule has 27 heavy (non-hydrogen) atoms. The maximum Gasteiger partial charge on any atom is 0.244 e. The molecule has 1 spiro atoms. The molecule has 2 aliphatic rings. The lowest BCUT2D eigenvalue weighted by atomic mass is 9.90. The molecular formula is C20H27N5O2. The summed E-state index contributed by atoms with van der Waals surface area (Å²) in [6, 6.07) is 6.27. The minimum absolute atomic E-state index is 0.0516. The van der Waals surface area contributed by atoms with E-state index >= 15 is 0 Å². The molecule has 0 atom stereocenters. The molecule has 7 heteroatoms. The molecule has 0 unspecified atom stereocenters. The van der Waals surface area contributed by atoms with Crippen LogP contribution in [-0.4, -0.2) is 62.3 Å². The average molecular weight is 369 g/mol. The van der Waals surface area contributed by atoms with Crippen molar-refractivity contribution < 1.29 is 9.53 Å². The van der Waals surface area contributed by atoms with E-state index in [1.54, 1.807) is 11.0 Å². The Morgan fingerprint density at radius 3 is 2.81 bits per heavy atom. The van der Waals surface area contributed by atoms with Gasteiger partial charge in [0.15, 0.2) is 0 Å². The van der Waals surface area contributed by atoms with Gasteiger partial charge in [-0.25, -0.2) is 9.67 Å². The molecule has 1 saturated heterocycles. The van der Waals surface area contributed by atoms with Gasteiger partial charge in [0, 0.05) is 38.0 Å². The fourth-order valence-corrected chi connectivity index (χ4v) is 4.07. The van der Waals surface area contributed by atoms with Gasteiger partial charge in [0.05, 0.1) is 6.54 Å². The van der Waals surface area contributed by atoms with Crippen molar-refractivity contribution in [1.29, 1.82) is 0 Å². The summed E-state index contributed by atoms with van der Waals surface area (Å²) in [7, 11) is 0. The standard InChI is InChI=1S/C20H27N5O2/c1-3-23-8-6-20(7-9-23)13-24(19(26)12-25-15-21-14-22-25)11-17-10-16(2)4-5-18(17)27-20/h4-5,10,14-15H,3,6-9,11-13H2,1-2H3. The van der Waals surface area contributed by atoms with Crippen LogP contribution in [0.2, 0.25) is 0 Å². The molecule has 3 heterocycles. The summed E-state index contributed by atoms with van der Waals surface area (Å²) in [6.45, 7) is 8.72. The van der Waals surface area contributed by atoms with E-state index in [-0.39, 0.29) is 18.1 Å². The van der Waals surface area contributed by atoms with Crippen LogP contribution in [0, 0.1) is 6.92 Å². The predicted octanol–water partition coefficient (Wildman–Crippen LogP) is 1.86. The second-order valence-corrected chi connectivity index (χ2v) is 7.67. The summed E-state index contributed by atoms with van der Waals surface area (Å²) in [5.74, 6) is 0.970. The smallest absolute Gasteiger partial charge is 0.244 e. The molecule has 2 aliphatic heterocycles. The fraction of sp³-hybridized carbons (Fsp3) is 0.550. The van der Waals surface area contributed by atoms with Crippen molar-refractivity contribution in [2.24, 2.45) is 0 Å². The lowest BCUT2D eigenvalue weighted by molar-refractivity contribution is -0.136. The van der Waals surface area contributed by atoms with Crippen LogP contribution < -0.4 is 4.74 Å². The third-order valence-corrected chi connectivity index (χ3v) is 5.71. The van der Waals surface area contributed by atoms with Crippen LogP contribution in [-0.2, 0) is 17.9 Å². The van der Waals surface area contributed by atoms with Crippen LogP contribution in [0.5, 0.6) is 5.75 Å². The molecular weight excluding hydrogens is 342 g/mol. The van der Waals surface area contributed by atoms with Crippen LogP contribution in [0.1, 0.15) is 30.9 Å². The van der Waals surface area contributed by atoms with Gasteiger partial charge in [-0.1, -0.05) is 24.6 Å². The Hall–Kier alpha value is -2.41. The molecule has 0 aliphatic carbocycles. The van der Waals surface area contributed by atoms with Gasteiger partial charge in [0.1, 0.15) is 30.5 Å². The number of nitrogens with zero attached hydrogens (tertiary/aromatic N) is 5. The number of benzene rings is 1. The van der Waals surface area contributed by atoms with E-state index < -0.39 is 0 Å². The van der Waals surface area contributed by atoms with E-state index in [9.17, 15) is 4.79 Å². The number of amides is 1. The van der Waals surface area contributed by atoms with E-state index in [4.69, 9.17) is 4.74 Å². The Balaban J connectivity index is 1.62. The molecule has 2 aromatic rings. The van der Waals surface area contributed by atoms with E-state index in [1.807, 2.05) is 4.90 Å². The van der Waals surface area contributed by atoms with E-state index in [0.29, 0.717) is 13.1 Å². The van der Waals surface area contributed by atoms with Crippen LogP contribution in [0.25, 0.3) is 0 Å². The monoisotopic (exact) mass is 369 g/mol. The van der Waals surface area contributed by atoms with Crippen molar-refractivity contribution >= 4 is 5.91 Å². The molecule has 1 fully saturated rings. The number of hydrogen-bond acceptors (Lipinski definition) is 5. The van der Waals surface area contributed by atoms with Gasteiger partial charge >= 0.3 is 0 Å². The molecule has 1 aromatic heterocycles. The molecule has 1 amide bonds. The minimum atomic E-state index is -0.315. The Morgan fingerprint density at radius 1 is 1.30 bits per heavy atom. The SMILES string of the molecule is CCN1CCC2(CC1)CN(C(=O)Cn1cncn1)Cc1cc(C)ccc1O2. The topological polar surface area (TPSA) is 63.5 Å². The summed E-state index contributed by atoms with van der Waals surface area (Å²) in [5, 5.41) is 4.08. The van der Waals surface area contributed by atoms with Crippen molar-refractivity contribution in [1.82, 2.24) is 24.6 Å². The Labute approximate surface area is 159 Å². The van der Waals surface area contributed by atoms with Crippen molar-refractivity contribution in [3.8, 4) is 5.75 Å². The number of fused-ring (bicyclic) bond motifs is 1. The third-order valence-electron chi connectivity index (χ3n) is 5.71. The first-order valence-corrected chi connectivity index (χ1v) is 9.68. The summed E-state index contributed by atoms with van der Waals surface area (Å²) in [6.07, 6.45) is 4.90. The number of carbonyl (C=O) groups is 1. The average Bonchev–Trinajstić information content (AvgIpc) is 3.11. The number of hydrogen-bond donors (Lipinski definition) is 0. The lowest BCUT2D eigenvalue weighted by Crippen LogP contribution is -2.54. The number of ether oxygens (including phenoxy) is 1. The minimum Gasteiger partial charge on any atom is -0.485 e. The number of aryl methyl sites for hydroxylation is 1. The van der Waals surface area contributed by atoms with Crippen molar-refractivity contribution in [3.05, 3.63) is 42.0 Å². The molecule has 7 nitrogen and oxygen atoms in total. The van der Waals surface area contributed by atoms with E-state index in [1.165, 1.54) is 11.9 Å². The summed E-state index contributed by atoms with van der Waals surface area (Å²) >= 11 is 0. The maximum atomic E-state index is 13.0. The van der Waals surface area contributed by atoms with Crippen LogP contribution in [0.15, 0.2) is 30.9 Å². The van der Waals surface area contributed by atoms with Gasteiger partial charge in [-0.2, -0.15) is 5.10 Å². The first kappa shape index (κ1) is 18.0. The van der Waals surface area contributed by atoms with E-state index in [0.717, 1.165) is 43.8 Å². The second-order valence-electron chi connectivity index (χ2n) is 7.67. The van der Waals surface area contributed by atoms with Gasteiger partial charge in [-0.3, -0.25) is 4.79 Å². The number of aromatic nitrogens is 3. The zero-order valence-electron chi connectivity index (χ0n) is 16.1. The molecule has 1 aromatic carbocycles. The first-order valence-electron chi connectivity index (χ1n) is 9.68. The lowest BCUT2D eigenvalue weighted by Gasteiger charge is -2.42. The molecule has 144 valence electrons. The predicted molar refractivity (Wildman–Crippen MR) is 101 cm³/mol. The summed E-state index contributed by atoms with van der Waals surface area (Å²) in [4.78, 5) is 21.3. The van der Waals surface area contributed by atoms with Crippen LogP contribution >= 0.6 is 0 Å². The first-order chi connectivity index (χ1) is 13.1. The Morgan fingerprint density at radius 2 is 2.11 bits per heavy atom. The number of likely N-dealkylation sites (tertiary alicyclic amines) is 1. The van der Waals surface area contributed by atoms with Gasteiger partial charge in [-0.15, -0.1) is 0 Å². The number of carbonyl (C=O) groups excluding carboxylic acids is 1. The van der Waals surface area contributed by atoms with Crippen LogP contribution in [0.4, 0.5) is 0 Å². The Kier molecular flexibility index (Phi) is 4.86. The van der Waals surface area contributed by atoms with Gasteiger partial charge < -0.3 is 14.5 Å². The van der Waals surface area contributed by atoms with Gasteiger partial charge in [0.2, 0.25) is 5.91 Å².